The zero-order valence-electron chi connectivity index (χ0n) is 21.5. The largest absolute Gasteiger partial charge is 0.486 e. The number of aryl methyl sites for hydroxylation is 1. The number of rotatable bonds is 10. The molecule has 0 saturated heterocycles. The Hall–Kier alpha value is -3.27. The van der Waals surface area contributed by atoms with Crippen LogP contribution in [-0.2, 0) is 26.2 Å². The molecule has 0 aliphatic carbocycles. The molecule has 36 heavy (non-hydrogen) atoms. The summed E-state index contributed by atoms with van der Waals surface area (Å²) in [5.74, 6) is -0.0618. The lowest BCUT2D eigenvalue weighted by molar-refractivity contribution is -0.139. The summed E-state index contributed by atoms with van der Waals surface area (Å²) in [4.78, 5) is 27.9. The molecule has 0 aromatic heterocycles. The highest BCUT2D eigenvalue weighted by Gasteiger charge is 2.31. The maximum atomic E-state index is 13.7. The zero-order chi connectivity index (χ0) is 26.5. The van der Waals surface area contributed by atoms with Crippen LogP contribution in [0.1, 0.15) is 38.8 Å². The van der Waals surface area contributed by atoms with Gasteiger partial charge in [-0.2, -0.15) is 0 Å². The van der Waals surface area contributed by atoms with Crippen molar-refractivity contribution in [3.63, 3.8) is 0 Å². The first-order valence-corrected chi connectivity index (χ1v) is 13.7. The third kappa shape index (κ3) is 6.69. The monoisotopic (exact) mass is 517 g/mol. The standard InChI is InChI=1S/C26H35N3O6S/c1-6-36(32,33)29(22-11-12-23-24(15-22)35-14-13-34-23)17-25(30)28(20(5)26(31)27-18(2)3)16-21-9-7-19(4)8-10-21/h7-12,15,18,20H,6,13-14,16-17H2,1-5H3,(H,27,31)/t20-/m0/s1. The molecule has 0 radical (unpaired) electrons. The summed E-state index contributed by atoms with van der Waals surface area (Å²) in [7, 11) is -3.82. The van der Waals surface area contributed by atoms with Crippen LogP contribution in [0.15, 0.2) is 42.5 Å². The van der Waals surface area contributed by atoms with Gasteiger partial charge in [0.1, 0.15) is 25.8 Å². The van der Waals surface area contributed by atoms with Crippen molar-refractivity contribution in [1.82, 2.24) is 10.2 Å². The number of fused-ring (bicyclic) bond motifs is 1. The summed E-state index contributed by atoms with van der Waals surface area (Å²) < 4.78 is 38.4. The number of ether oxygens (including phenoxy) is 2. The van der Waals surface area contributed by atoms with E-state index < -0.39 is 28.5 Å². The smallest absolute Gasteiger partial charge is 0.244 e. The highest BCUT2D eigenvalue weighted by Crippen LogP contribution is 2.35. The lowest BCUT2D eigenvalue weighted by Gasteiger charge is -2.32. The minimum atomic E-state index is -3.82. The SMILES string of the molecule is CCS(=O)(=O)N(CC(=O)N(Cc1ccc(C)cc1)[C@@H](C)C(=O)NC(C)C)c1ccc2c(c1)OCCO2. The number of nitrogens with zero attached hydrogens (tertiary/aromatic N) is 2. The van der Waals surface area contributed by atoms with E-state index in [0.717, 1.165) is 15.4 Å². The Labute approximate surface area is 213 Å². The highest BCUT2D eigenvalue weighted by atomic mass is 32.2. The fourth-order valence-corrected chi connectivity index (χ4v) is 4.84. The number of carbonyl (C=O) groups is 2. The van der Waals surface area contributed by atoms with E-state index in [2.05, 4.69) is 5.32 Å². The van der Waals surface area contributed by atoms with Crippen molar-refractivity contribution in [2.24, 2.45) is 0 Å². The van der Waals surface area contributed by atoms with Gasteiger partial charge in [-0.3, -0.25) is 13.9 Å². The van der Waals surface area contributed by atoms with E-state index in [4.69, 9.17) is 9.47 Å². The van der Waals surface area contributed by atoms with E-state index in [1.54, 1.807) is 25.1 Å². The normalized spacial score (nSPS) is 13.7. The molecule has 2 aromatic carbocycles. The minimum Gasteiger partial charge on any atom is -0.486 e. The van der Waals surface area contributed by atoms with Gasteiger partial charge in [0, 0.05) is 18.7 Å². The molecule has 9 nitrogen and oxygen atoms in total. The lowest BCUT2D eigenvalue weighted by Crippen LogP contribution is -2.52. The van der Waals surface area contributed by atoms with Gasteiger partial charge in [-0.1, -0.05) is 29.8 Å². The van der Waals surface area contributed by atoms with Gasteiger partial charge in [-0.25, -0.2) is 8.42 Å². The molecule has 196 valence electrons. The van der Waals surface area contributed by atoms with Crippen LogP contribution in [0.4, 0.5) is 5.69 Å². The molecule has 1 aliphatic heterocycles. The molecule has 0 saturated carbocycles. The van der Waals surface area contributed by atoms with Crippen molar-refractivity contribution in [3.05, 3.63) is 53.6 Å². The molecule has 1 N–H and O–H groups in total. The molecule has 0 unspecified atom stereocenters. The number of hydrogen-bond donors (Lipinski definition) is 1. The van der Waals surface area contributed by atoms with Crippen LogP contribution in [0.2, 0.25) is 0 Å². The molecule has 2 amide bonds. The van der Waals surface area contributed by atoms with E-state index in [0.29, 0.717) is 30.4 Å². The second-order valence-electron chi connectivity index (χ2n) is 9.08. The third-order valence-corrected chi connectivity index (χ3v) is 7.61. The number of hydrogen-bond acceptors (Lipinski definition) is 6. The van der Waals surface area contributed by atoms with Gasteiger partial charge in [-0.05, 0) is 52.3 Å². The van der Waals surface area contributed by atoms with E-state index in [1.165, 1.54) is 11.8 Å². The average Bonchev–Trinajstić information content (AvgIpc) is 2.85. The summed E-state index contributed by atoms with van der Waals surface area (Å²) in [5, 5.41) is 2.84. The average molecular weight is 518 g/mol. The number of carbonyl (C=O) groups excluding carboxylic acids is 2. The Balaban J connectivity index is 1.94. The molecule has 3 rings (SSSR count). The topological polar surface area (TPSA) is 105 Å². The fraction of sp³-hybridized carbons (Fsp3) is 0.462. The van der Waals surface area contributed by atoms with Crippen LogP contribution in [-0.4, -0.2) is 62.7 Å². The Morgan fingerprint density at radius 1 is 1.00 bits per heavy atom. The maximum absolute atomic E-state index is 13.7. The molecular weight excluding hydrogens is 482 g/mol. The number of benzene rings is 2. The highest BCUT2D eigenvalue weighted by molar-refractivity contribution is 7.92. The van der Waals surface area contributed by atoms with Gasteiger partial charge in [0.15, 0.2) is 11.5 Å². The second kappa shape index (κ2) is 11.6. The van der Waals surface area contributed by atoms with Crippen molar-refractivity contribution >= 4 is 27.5 Å². The van der Waals surface area contributed by atoms with Gasteiger partial charge in [-0.15, -0.1) is 0 Å². The summed E-state index contributed by atoms with van der Waals surface area (Å²) in [6.45, 7) is 9.28. The molecular formula is C26H35N3O6S. The zero-order valence-corrected chi connectivity index (χ0v) is 22.3. The van der Waals surface area contributed by atoms with Crippen LogP contribution >= 0.6 is 0 Å². The Bertz CT molecular complexity index is 1180. The number of anilines is 1. The molecule has 0 spiro atoms. The van der Waals surface area contributed by atoms with Gasteiger partial charge in [0.2, 0.25) is 21.8 Å². The molecule has 0 bridgehead atoms. The molecule has 2 aromatic rings. The third-order valence-electron chi connectivity index (χ3n) is 5.86. The van der Waals surface area contributed by atoms with Gasteiger partial charge in [0.05, 0.1) is 11.4 Å². The first kappa shape index (κ1) is 27.3. The summed E-state index contributed by atoms with van der Waals surface area (Å²) in [6.07, 6.45) is 0. The maximum Gasteiger partial charge on any atom is 0.244 e. The van der Waals surface area contributed by atoms with Crippen LogP contribution in [0.5, 0.6) is 11.5 Å². The first-order chi connectivity index (χ1) is 17.0. The molecule has 1 heterocycles. The summed E-state index contributed by atoms with van der Waals surface area (Å²) in [6, 6.07) is 11.5. The number of sulfonamides is 1. The van der Waals surface area contributed by atoms with Gasteiger partial charge < -0.3 is 19.7 Å². The minimum absolute atomic E-state index is 0.106. The van der Waals surface area contributed by atoms with Crippen LogP contribution in [0, 0.1) is 6.92 Å². The quantitative estimate of drug-likeness (QED) is 0.520. The first-order valence-electron chi connectivity index (χ1n) is 12.1. The van der Waals surface area contributed by atoms with E-state index in [-0.39, 0.29) is 24.2 Å². The number of amides is 2. The Kier molecular flexibility index (Phi) is 8.84. The van der Waals surface area contributed by atoms with Crippen molar-refractivity contribution < 1.29 is 27.5 Å². The van der Waals surface area contributed by atoms with Crippen molar-refractivity contribution in [3.8, 4) is 11.5 Å². The molecule has 0 fully saturated rings. The van der Waals surface area contributed by atoms with Crippen LogP contribution < -0.4 is 19.1 Å². The van der Waals surface area contributed by atoms with Crippen molar-refractivity contribution in [2.45, 2.75) is 53.2 Å². The summed E-state index contributed by atoms with van der Waals surface area (Å²) in [5.41, 5.74) is 2.20. The van der Waals surface area contributed by atoms with Crippen LogP contribution in [0.3, 0.4) is 0 Å². The Morgan fingerprint density at radius 3 is 2.25 bits per heavy atom. The van der Waals surface area contributed by atoms with Crippen molar-refractivity contribution in [1.29, 1.82) is 0 Å². The van der Waals surface area contributed by atoms with Gasteiger partial charge in [0.25, 0.3) is 0 Å². The predicted octanol–water partition coefficient (Wildman–Crippen LogP) is 2.86. The molecule has 1 aliphatic rings. The van der Waals surface area contributed by atoms with E-state index in [1.807, 2.05) is 45.0 Å². The molecule has 1 atom stereocenters. The van der Waals surface area contributed by atoms with E-state index in [9.17, 15) is 18.0 Å². The lowest BCUT2D eigenvalue weighted by atomic mass is 10.1. The number of nitrogens with one attached hydrogen (secondary N) is 1. The predicted molar refractivity (Wildman–Crippen MR) is 139 cm³/mol. The van der Waals surface area contributed by atoms with Gasteiger partial charge >= 0.3 is 0 Å². The summed E-state index contributed by atoms with van der Waals surface area (Å²) >= 11 is 0. The van der Waals surface area contributed by atoms with Crippen molar-refractivity contribution in [2.75, 3.05) is 29.8 Å². The Morgan fingerprint density at radius 2 is 1.64 bits per heavy atom. The van der Waals surface area contributed by atoms with E-state index >= 15 is 0 Å². The van der Waals surface area contributed by atoms with Crippen LogP contribution in [0.25, 0.3) is 0 Å². The fourth-order valence-electron chi connectivity index (χ4n) is 3.78. The second-order valence-corrected chi connectivity index (χ2v) is 11.3. The molecule has 10 heteroatoms.